The van der Waals surface area contributed by atoms with Crippen molar-refractivity contribution >= 4 is 38.9 Å². The molecule has 9 heteroatoms. The smallest absolute Gasteiger partial charge is 0.242 e. The van der Waals surface area contributed by atoms with Crippen LogP contribution in [0.25, 0.3) is 0 Å². The van der Waals surface area contributed by atoms with Crippen LogP contribution in [0.2, 0.25) is 10.0 Å². The lowest BCUT2D eigenvalue weighted by Crippen LogP contribution is -2.46. The van der Waals surface area contributed by atoms with Crippen LogP contribution in [-0.2, 0) is 14.8 Å². The highest BCUT2D eigenvalue weighted by molar-refractivity contribution is 7.89. The zero-order valence-corrected chi connectivity index (χ0v) is 20.4. The van der Waals surface area contributed by atoms with E-state index in [2.05, 4.69) is 14.6 Å². The third-order valence-corrected chi connectivity index (χ3v) is 7.67. The SMILES string of the molecule is Cc1ccc(C2COC(CCNS(=O)(=O)c3cccnc3)CN2c2ccc(Cl)cc2)c(Cl)c1. The van der Waals surface area contributed by atoms with Crippen LogP contribution in [0.5, 0.6) is 0 Å². The first kappa shape index (κ1) is 24.0. The van der Waals surface area contributed by atoms with Crippen molar-refractivity contribution in [3.05, 3.63) is 88.2 Å². The van der Waals surface area contributed by atoms with Crippen molar-refractivity contribution < 1.29 is 13.2 Å². The van der Waals surface area contributed by atoms with Crippen LogP contribution in [0.3, 0.4) is 0 Å². The number of anilines is 1. The Bertz CT molecular complexity index is 1190. The van der Waals surface area contributed by atoms with E-state index in [-0.39, 0.29) is 23.6 Å². The van der Waals surface area contributed by atoms with Crippen LogP contribution >= 0.6 is 23.2 Å². The number of nitrogens with one attached hydrogen (secondary N) is 1. The summed E-state index contributed by atoms with van der Waals surface area (Å²) in [5.74, 6) is 0. The number of sulfonamides is 1. The molecule has 2 unspecified atom stereocenters. The van der Waals surface area contributed by atoms with Crippen molar-refractivity contribution in [2.24, 2.45) is 0 Å². The van der Waals surface area contributed by atoms with Gasteiger partial charge in [0.2, 0.25) is 10.0 Å². The van der Waals surface area contributed by atoms with E-state index >= 15 is 0 Å². The van der Waals surface area contributed by atoms with E-state index in [0.717, 1.165) is 16.8 Å². The predicted molar refractivity (Wildman–Crippen MR) is 132 cm³/mol. The van der Waals surface area contributed by atoms with Crippen molar-refractivity contribution in [1.82, 2.24) is 9.71 Å². The molecule has 3 aromatic rings. The first-order chi connectivity index (χ1) is 15.8. The number of nitrogens with zero attached hydrogens (tertiary/aromatic N) is 2. The summed E-state index contributed by atoms with van der Waals surface area (Å²) >= 11 is 12.7. The molecular weight excluding hydrogens is 481 g/mol. The Balaban J connectivity index is 1.48. The van der Waals surface area contributed by atoms with Crippen molar-refractivity contribution in [1.29, 1.82) is 0 Å². The molecule has 1 aliphatic heterocycles. The first-order valence-corrected chi connectivity index (χ1v) is 12.9. The van der Waals surface area contributed by atoms with E-state index in [1.54, 1.807) is 6.07 Å². The van der Waals surface area contributed by atoms with Crippen molar-refractivity contribution in [3.63, 3.8) is 0 Å². The summed E-state index contributed by atoms with van der Waals surface area (Å²) < 4.78 is 33.7. The number of halogens is 2. The summed E-state index contributed by atoms with van der Waals surface area (Å²) in [6.45, 7) is 3.29. The second kappa shape index (κ2) is 10.4. The number of pyridine rings is 1. The van der Waals surface area contributed by atoms with Crippen LogP contribution in [0.15, 0.2) is 71.9 Å². The molecule has 33 heavy (non-hydrogen) atoms. The summed E-state index contributed by atoms with van der Waals surface area (Å²) in [4.78, 5) is 6.27. The highest BCUT2D eigenvalue weighted by Crippen LogP contribution is 2.36. The molecule has 2 atom stereocenters. The molecule has 1 saturated heterocycles. The fourth-order valence-corrected chi connectivity index (χ4v) is 5.41. The van der Waals surface area contributed by atoms with Gasteiger partial charge in [-0.1, -0.05) is 35.3 Å². The Labute approximate surface area is 204 Å². The number of hydrogen-bond donors (Lipinski definition) is 1. The highest BCUT2D eigenvalue weighted by Gasteiger charge is 2.31. The van der Waals surface area contributed by atoms with Crippen LogP contribution < -0.4 is 9.62 Å². The van der Waals surface area contributed by atoms with Gasteiger partial charge in [0.25, 0.3) is 0 Å². The first-order valence-electron chi connectivity index (χ1n) is 10.6. The maximum absolute atomic E-state index is 12.5. The number of morpholine rings is 1. The standard InChI is InChI=1S/C24H25Cl2N3O3S/c1-17-4-9-22(23(26)13-17)24-16-32-20(15-29(24)19-7-5-18(25)6-8-19)10-12-28-33(30,31)21-3-2-11-27-14-21/h2-9,11,13-14,20,24,28H,10,12,15-16H2,1H3. The third-order valence-electron chi connectivity index (χ3n) is 5.64. The van der Waals surface area contributed by atoms with Gasteiger partial charge in [0.1, 0.15) is 4.90 Å². The molecule has 0 saturated carbocycles. The maximum Gasteiger partial charge on any atom is 0.242 e. The second-order valence-electron chi connectivity index (χ2n) is 8.00. The Morgan fingerprint density at radius 3 is 2.64 bits per heavy atom. The molecule has 2 heterocycles. The summed E-state index contributed by atoms with van der Waals surface area (Å²) in [6, 6.07) is 16.8. The minimum atomic E-state index is -3.61. The van der Waals surface area contributed by atoms with Gasteiger partial charge in [0.15, 0.2) is 0 Å². The number of rotatable bonds is 7. The third kappa shape index (κ3) is 5.86. The zero-order valence-electron chi connectivity index (χ0n) is 18.1. The fraction of sp³-hybridized carbons (Fsp3) is 0.292. The fourth-order valence-electron chi connectivity index (χ4n) is 3.91. The van der Waals surface area contributed by atoms with Gasteiger partial charge in [0, 0.05) is 41.2 Å². The van der Waals surface area contributed by atoms with Crippen LogP contribution in [0.1, 0.15) is 23.6 Å². The normalized spacial score (nSPS) is 18.9. The molecule has 4 rings (SSSR count). The average Bonchev–Trinajstić information content (AvgIpc) is 2.80. The van der Waals surface area contributed by atoms with Crippen molar-refractivity contribution in [2.45, 2.75) is 30.4 Å². The Morgan fingerprint density at radius 1 is 1.15 bits per heavy atom. The van der Waals surface area contributed by atoms with Crippen LogP contribution in [0, 0.1) is 6.92 Å². The molecule has 1 aliphatic rings. The van der Waals surface area contributed by atoms with Gasteiger partial charge in [-0.05, 0) is 66.9 Å². The highest BCUT2D eigenvalue weighted by atomic mass is 35.5. The molecule has 1 fully saturated rings. The van der Waals surface area contributed by atoms with E-state index < -0.39 is 10.0 Å². The van der Waals surface area contributed by atoms with Crippen LogP contribution in [-0.4, -0.2) is 39.2 Å². The molecule has 2 aromatic carbocycles. The summed E-state index contributed by atoms with van der Waals surface area (Å²) in [5.41, 5.74) is 3.09. The lowest BCUT2D eigenvalue weighted by molar-refractivity contribution is 0.0150. The molecule has 0 spiro atoms. The van der Waals surface area contributed by atoms with Gasteiger partial charge < -0.3 is 9.64 Å². The van der Waals surface area contributed by atoms with Crippen molar-refractivity contribution in [3.8, 4) is 0 Å². The minimum absolute atomic E-state index is 0.0670. The van der Waals surface area contributed by atoms with E-state index in [4.69, 9.17) is 27.9 Å². The van der Waals surface area contributed by atoms with Gasteiger partial charge in [-0.25, -0.2) is 13.1 Å². The number of hydrogen-bond acceptors (Lipinski definition) is 5. The molecule has 174 valence electrons. The molecule has 0 bridgehead atoms. The van der Waals surface area contributed by atoms with Crippen LogP contribution in [0.4, 0.5) is 5.69 Å². The number of aromatic nitrogens is 1. The molecule has 0 amide bonds. The summed E-state index contributed by atoms with van der Waals surface area (Å²) in [6.07, 6.45) is 3.24. The van der Waals surface area contributed by atoms with E-state index in [9.17, 15) is 8.42 Å². The zero-order chi connectivity index (χ0) is 23.4. The summed E-state index contributed by atoms with van der Waals surface area (Å²) in [5, 5.41) is 1.36. The van der Waals surface area contributed by atoms with E-state index in [0.29, 0.717) is 29.6 Å². The number of ether oxygens (including phenoxy) is 1. The lowest BCUT2D eigenvalue weighted by Gasteiger charge is -2.42. The van der Waals surface area contributed by atoms with Gasteiger partial charge in [-0.2, -0.15) is 0 Å². The number of benzene rings is 2. The van der Waals surface area contributed by atoms with Crippen molar-refractivity contribution in [2.75, 3.05) is 24.6 Å². The predicted octanol–water partition coefficient (Wildman–Crippen LogP) is 5.01. The number of aryl methyl sites for hydroxylation is 1. The maximum atomic E-state index is 12.5. The summed E-state index contributed by atoms with van der Waals surface area (Å²) in [7, 11) is -3.61. The topological polar surface area (TPSA) is 71.5 Å². The molecule has 6 nitrogen and oxygen atoms in total. The monoisotopic (exact) mass is 505 g/mol. The Hall–Kier alpha value is -2.16. The average molecular weight is 506 g/mol. The molecule has 1 aromatic heterocycles. The molecule has 0 radical (unpaired) electrons. The Kier molecular flexibility index (Phi) is 7.56. The molecule has 0 aliphatic carbocycles. The minimum Gasteiger partial charge on any atom is -0.374 e. The van der Waals surface area contributed by atoms with Gasteiger partial charge in [-0.3, -0.25) is 4.98 Å². The van der Waals surface area contributed by atoms with E-state index in [1.165, 1.54) is 18.5 Å². The van der Waals surface area contributed by atoms with E-state index in [1.807, 2.05) is 49.4 Å². The van der Waals surface area contributed by atoms with Gasteiger partial charge >= 0.3 is 0 Å². The Morgan fingerprint density at radius 2 is 1.94 bits per heavy atom. The lowest BCUT2D eigenvalue weighted by atomic mass is 10.0. The van der Waals surface area contributed by atoms with Gasteiger partial charge in [0.05, 0.1) is 18.8 Å². The quantitative estimate of drug-likeness (QED) is 0.488. The molecular formula is C24H25Cl2N3O3S. The second-order valence-corrected chi connectivity index (χ2v) is 10.6. The largest absolute Gasteiger partial charge is 0.374 e. The van der Waals surface area contributed by atoms with Gasteiger partial charge in [-0.15, -0.1) is 0 Å². The molecule has 1 N–H and O–H groups in total.